The maximum atomic E-state index is 13.4. The molecule has 1 aliphatic heterocycles. The summed E-state index contributed by atoms with van der Waals surface area (Å²) in [6.07, 6.45) is 4.75. The Hall–Kier alpha value is -5.22. The second-order valence-electron chi connectivity index (χ2n) is 13.2. The molecule has 0 aliphatic carbocycles. The molecule has 1 fully saturated rings. The molecule has 0 radical (unpaired) electrons. The van der Waals surface area contributed by atoms with Gasteiger partial charge in [-0.2, -0.15) is 0 Å². The Morgan fingerprint density at radius 1 is 0.943 bits per heavy atom. The molecule has 5 heterocycles. The normalized spacial score (nSPS) is 14.8. The lowest BCUT2D eigenvalue weighted by atomic mass is 10.0. The van der Waals surface area contributed by atoms with Crippen LogP contribution in [0.2, 0.25) is 0 Å². The summed E-state index contributed by atoms with van der Waals surface area (Å²) in [4.78, 5) is 71.2. The molecule has 1 unspecified atom stereocenters. The first-order valence-corrected chi connectivity index (χ1v) is 19.2. The molecule has 16 heteroatoms. The summed E-state index contributed by atoms with van der Waals surface area (Å²) in [6.45, 7) is 7.11. The standard InChI is InChI=1S/C37H44N8O6S2/c1-6-13-44(35(47)33(21(2)3)43-37(49)51-5)20-31-38-18-25(41-31)28-16-30-29(53-28)15-27(52-30)23-11-9-22(10-12-23)24-17-39-34(42-24)26-8-7-14-45(26)32(46)19-40-36(48)50-4/h9-12,15-18,21,26,33H,6-8,13-14,19-20H2,1-5H3,(H,38,41)(H,39,42)(H,40,48)(H,43,49)/t26?,33-/m0/s1. The van der Waals surface area contributed by atoms with Crippen LogP contribution in [0.5, 0.6) is 0 Å². The number of thiophene rings is 2. The Bertz CT molecular complexity index is 2030. The molecule has 5 aromatic rings. The van der Waals surface area contributed by atoms with Gasteiger partial charge in [-0.15, -0.1) is 22.7 Å². The van der Waals surface area contributed by atoms with E-state index in [9.17, 15) is 19.2 Å². The van der Waals surface area contributed by atoms with Gasteiger partial charge in [-0.05, 0) is 48.4 Å². The van der Waals surface area contributed by atoms with E-state index in [4.69, 9.17) is 4.74 Å². The molecule has 6 rings (SSSR count). The van der Waals surface area contributed by atoms with Crippen molar-refractivity contribution in [2.75, 3.05) is 33.9 Å². The fourth-order valence-electron chi connectivity index (χ4n) is 6.43. The number of H-pyrrole nitrogens is 2. The monoisotopic (exact) mass is 760 g/mol. The van der Waals surface area contributed by atoms with Crippen LogP contribution in [0, 0.1) is 5.92 Å². The predicted molar refractivity (Wildman–Crippen MR) is 204 cm³/mol. The molecule has 1 aromatic carbocycles. The van der Waals surface area contributed by atoms with E-state index in [-0.39, 0.29) is 30.3 Å². The predicted octanol–water partition coefficient (Wildman–Crippen LogP) is 6.55. The minimum absolute atomic E-state index is 0.113. The van der Waals surface area contributed by atoms with Crippen molar-refractivity contribution in [3.05, 3.63) is 60.4 Å². The first kappa shape index (κ1) is 37.5. The number of aromatic nitrogens is 4. The maximum Gasteiger partial charge on any atom is 0.407 e. The Kier molecular flexibility index (Phi) is 11.8. The van der Waals surface area contributed by atoms with Crippen LogP contribution in [0.3, 0.4) is 0 Å². The van der Waals surface area contributed by atoms with Crippen molar-refractivity contribution in [1.82, 2.24) is 40.4 Å². The number of amides is 4. The molecule has 4 N–H and O–H groups in total. The van der Waals surface area contributed by atoms with Crippen LogP contribution in [0.4, 0.5) is 9.59 Å². The van der Waals surface area contributed by atoms with E-state index < -0.39 is 18.2 Å². The number of methoxy groups -OCH3 is 2. The number of hydrogen-bond donors (Lipinski definition) is 4. The number of nitrogens with zero attached hydrogens (tertiary/aromatic N) is 4. The molecular weight excluding hydrogens is 717 g/mol. The highest BCUT2D eigenvalue weighted by molar-refractivity contribution is 7.31. The smallest absolute Gasteiger partial charge is 0.407 e. The van der Waals surface area contributed by atoms with Crippen molar-refractivity contribution in [3.63, 3.8) is 0 Å². The number of ether oxygens (including phenoxy) is 2. The zero-order valence-electron chi connectivity index (χ0n) is 30.4. The van der Waals surface area contributed by atoms with Gasteiger partial charge >= 0.3 is 12.2 Å². The van der Waals surface area contributed by atoms with E-state index in [1.807, 2.05) is 20.8 Å². The van der Waals surface area contributed by atoms with Gasteiger partial charge in [-0.3, -0.25) is 9.59 Å². The van der Waals surface area contributed by atoms with Crippen molar-refractivity contribution < 1.29 is 28.7 Å². The van der Waals surface area contributed by atoms with Gasteiger partial charge in [-0.1, -0.05) is 45.0 Å². The molecule has 280 valence electrons. The van der Waals surface area contributed by atoms with E-state index >= 15 is 0 Å². The summed E-state index contributed by atoms with van der Waals surface area (Å²) in [5, 5.41) is 5.14. The van der Waals surface area contributed by atoms with Crippen LogP contribution in [-0.2, 0) is 25.6 Å². The minimum atomic E-state index is -0.701. The third-order valence-electron chi connectivity index (χ3n) is 9.17. The number of likely N-dealkylation sites (tertiary alicyclic amines) is 1. The summed E-state index contributed by atoms with van der Waals surface area (Å²) >= 11 is 3.41. The Labute approximate surface area is 315 Å². The second-order valence-corrected chi connectivity index (χ2v) is 15.3. The highest BCUT2D eigenvalue weighted by atomic mass is 32.1. The van der Waals surface area contributed by atoms with Gasteiger partial charge in [-0.25, -0.2) is 19.6 Å². The van der Waals surface area contributed by atoms with Crippen LogP contribution in [0.15, 0.2) is 48.8 Å². The lowest BCUT2D eigenvalue weighted by Crippen LogP contribution is -2.51. The van der Waals surface area contributed by atoms with E-state index in [1.54, 1.807) is 44.9 Å². The zero-order chi connectivity index (χ0) is 37.6. The molecule has 1 saturated heterocycles. The van der Waals surface area contributed by atoms with Crippen molar-refractivity contribution in [1.29, 1.82) is 0 Å². The highest BCUT2D eigenvalue weighted by Gasteiger charge is 2.32. The number of nitrogens with one attached hydrogen (secondary N) is 4. The van der Waals surface area contributed by atoms with Gasteiger partial charge in [0.15, 0.2) is 0 Å². The minimum Gasteiger partial charge on any atom is -0.453 e. The number of alkyl carbamates (subject to hydrolysis) is 2. The summed E-state index contributed by atoms with van der Waals surface area (Å²) in [5.74, 6) is 0.941. The maximum absolute atomic E-state index is 13.4. The van der Waals surface area contributed by atoms with Crippen molar-refractivity contribution in [3.8, 4) is 32.3 Å². The number of rotatable bonds is 13. The largest absolute Gasteiger partial charge is 0.453 e. The third-order valence-corrected chi connectivity index (χ3v) is 11.5. The molecular formula is C37H44N8O6S2. The van der Waals surface area contributed by atoms with Crippen LogP contribution in [0.25, 0.3) is 41.7 Å². The Balaban J connectivity index is 1.10. The molecule has 2 atom stereocenters. The Morgan fingerprint density at radius 3 is 2.32 bits per heavy atom. The lowest BCUT2D eigenvalue weighted by Gasteiger charge is -2.28. The number of carbonyl (C=O) groups is 4. The van der Waals surface area contributed by atoms with E-state index in [2.05, 4.69) is 71.7 Å². The topological polar surface area (TPSA) is 175 Å². The number of carbonyl (C=O) groups excluding carboxylic acids is 4. The number of hydrogen-bond acceptors (Lipinski definition) is 10. The molecule has 4 amide bonds. The van der Waals surface area contributed by atoms with E-state index in [0.717, 1.165) is 57.4 Å². The highest BCUT2D eigenvalue weighted by Crippen LogP contribution is 2.42. The molecule has 0 spiro atoms. The quantitative estimate of drug-likeness (QED) is 0.105. The van der Waals surface area contributed by atoms with Gasteiger partial charge in [0.2, 0.25) is 11.8 Å². The molecule has 53 heavy (non-hydrogen) atoms. The first-order chi connectivity index (χ1) is 25.6. The molecule has 1 aliphatic rings. The fourth-order valence-corrected chi connectivity index (χ4v) is 8.80. The second kappa shape index (κ2) is 16.6. The number of aromatic amines is 2. The van der Waals surface area contributed by atoms with Gasteiger partial charge < -0.3 is 39.9 Å². The molecule has 14 nitrogen and oxygen atoms in total. The summed E-state index contributed by atoms with van der Waals surface area (Å²) in [7, 11) is 2.55. The van der Waals surface area contributed by atoms with E-state index in [0.29, 0.717) is 25.5 Å². The van der Waals surface area contributed by atoms with Gasteiger partial charge in [0.05, 0.1) is 55.5 Å². The SMILES string of the molecule is CCCN(Cc1ncc(-c2cc3sc(-c4ccc(-c5cnc(C6CCCN6C(=O)CNC(=O)OC)[nH]5)cc4)cc3s2)[nH]1)C(=O)[C@@H](NC(=O)OC)C(C)C. The third kappa shape index (κ3) is 8.54. The van der Waals surface area contributed by atoms with Gasteiger partial charge in [0.25, 0.3) is 0 Å². The zero-order valence-corrected chi connectivity index (χ0v) is 32.0. The number of imidazole rings is 2. The van der Waals surface area contributed by atoms with Crippen LogP contribution in [0.1, 0.15) is 57.7 Å². The number of benzene rings is 1. The summed E-state index contributed by atoms with van der Waals surface area (Å²) in [6, 6.07) is 11.8. The molecule has 4 aromatic heterocycles. The summed E-state index contributed by atoms with van der Waals surface area (Å²) < 4.78 is 11.7. The molecule has 0 saturated carbocycles. The average molecular weight is 761 g/mol. The number of fused-ring (bicyclic) bond motifs is 1. The van der Waals surface area contributed by atoms with Crippen LogP contribution in [-0.4, -0.2) is 93.6 Å². The van der Waals surface area contributed by atoms with Crippen molar-refractivity contribution in [2.45, 2.75) is 58.7 Å². The Morgan fingerprint density at radius 2 is 1.62 bits per heavy atom. The van der Waals surface area contributed by atoms with Gasteiger partial charge in [0.1, 0.15) is 24.2 Å². The lowest BCUT2D eigenvalue weighted by molar-refractivity contribution is -0.135. The van der Waals surface area contributed by atoms with Crippen LogP contribution < -0.4 is 10.6 Å². The fraction of sp³-hybridized carbons (Fsp3) is 0.405. The van der Waals surface area contributed by atoms with Gasteiger partial charge in [0, 0.05) is 27.4 Å². The first-order valence-electron chi connectivity index (χ1n) is 17.6. The van der Waals surface area contributed by atoms with E-state index in [1.165, 1.54) is 23.6 Å². The summed E-state index contributed by atoms with van der Waals surface area (Å²) in [5.41, 5.74) is 3.86. The van der Waals surface area contributed by atoms with Crippen LogP contribution >= 0.6 is 22.7 Å². The van der Waals surface area contributed by atoms with Crippen molar-refractivity contribution >= 4 is 56.1 Å². The molecule has 0 bridgehead atoms. The average Bonchev–Trinajstić information content (AvgIpc) is 4.00. The van der Waals surface area contributed by atoms with Crippen molar-refractivity contribution in [2.24, 2.45) is 5.92 Å².